The molecule has 9 nitrogen and oxygen atoms in total. The minimum Gasteiger partial charge on any atom is -0.486 e. The SMILES string of the molecule is Cc1cc2n(c1)S(=O)(=O)c1ccc(C(=O)NCCC3COc4ccccc4O3)cc1NC2=O. The molecule has 3 heterocycles. The highest BCUT2D eigenvalue weighted by atomic mass is 32.2. The van der Waals surface area contributed by atoms with E-state index < -0.39 is 15.9 Å². The zero-order chi connectivity index (χ0) is 23.2. The molecule has 1 atom stereocenters. The molecule has 170 valence electrons. The zero-order valence-electron chi connectivity index (χ0n) is 17.7. The summed E-state index contributed by atoms with van der Waals surface area (Å²) in [6, 6.07) is 13.0. The van der Waals surface area contributed by atoms with Gasteiger partial charge in [0, 0.05) is 24.7 Å². The average Bonchev–Trinajstić information content (AvgIpc) is 3.18. The van der Waals surface area contributed by atoms with Gasteiger partial charge in [-0.15, -0.1) is 0 Å². The van der Waals surface area contributed by atoms with E-state index in [1.165, 1.54) is 30.5 Å². The number of ether oxygens (including phenoxy) is 2. The lowest BCUT2D eigenvalue weighted by Crippen LogP contribution is -2.34. The molecule has 2 aliphatic rings. The van der Waals surface area contributed by atoms with E-state index in [-0.39, 0.29) is 33.9 Å². The number of hydrogen-bond acceptors (Lipinski definition) is 6. The fourth-order valence-electron chi connectivity index (χ4n) is 3.88. The molecule has 0 bridgehead atoms. The van der Waals surface area contributed by atoms with Crippen LogP contribution in [0.15, 0.2) is 59.6 Å². The smallest absolute Gasteiger partial charge is 0.273 e. The van der Waals surface area contributed by atoms with Gasteiger partial charge in [0.05, 0.1) is 5.69 Å². The molecule has 1 unspecified atom stereocenters. The number of aryl methyl sites for hydroxylation is 1. The van der Waals surface area contributed by atoms with Gasteiger partial charge in [0.15, 0.2) is 11.5 Å². The predicted octanol–water partition coefficient (Wildman–Crippen LogP) is 2.56. The van der Waals surface area contributed by atoms with E-state index in [1.54, 1.807) is 6.92 Å². The average molecular weight is 468 g/mol. The number of rotatable bonds is 4. The minimum atomic E-state index is -3.98. The lowest BCUT2D eigenvalue weighted by Gasteiger charge is -2.26. The quantitative estimate of drug-likeness (QED) is 0.609. The van der Waals surface area contributed by atoms with Gasteiger partial charge in [0.25, 0.3) is 21.8 Å². The van der Waals surface area contributed by atoms with Gasteiger partial charge in [-0.05, 0) is 48.9 Å². The molecule has 33 heavy (non-hydrogen) atoms. The normalized spacial score (nSPS) is 17.8. The molecule has 0 spiro atoms. The first-order valence-electron chi connectivity index (χ1n) is 10.4. The molecule has 2 aromatic carbocycles. The van der Waals surface area contributed by atoms with Crippen molar-refractivity contribution in [3.8, 4) is 11.5 Å². The summed E-state index contributed by atoms with van der Waals surface area (Å²) in [5.41, 5.74) is 0.970. The Labute approximate surface area is 190 Å². The number of hydrogen-bond donors (Lipinski definition) is 2. The maximum Gasteiger partial charge on any atom is 0.273 e. The van der Waals surface area contributed by atoms with Gasteiger partial charge < -0.3 is 20.1 Å². The van der Waals surface area contributed by atoms with Crippen LogP contribution in [0.5, 0.6) is 11.5 Å². The van der Waals surface area contributed by atoms with Crippen LogP contribution >= 0.6 is 0 Å². The molecule has 5 rings (SSSR count). The largest absolute Gasteiger partial charge is 0.486 e. The third kappa shape index (κ3) is 3.82. The van der Waals surface area contributed by atoms with Crippen LogP contribution in [-0.2, 0) is 10.0 Å². The van der Waals surface area contributed by atoms with Crippen LogP contribution in [0.3, 0.4) is 0 Å². The summed E-state index contributed by atoms with van der Waals surface area (Å²) in [6.45, 7) is 2.43. The number of benzene rings is 2. The number of para-hydroxylation sites is 2. The molecule has 1 aromatic heterocycles. The van der Waals surface area contributed by atoms with Gasteiger partial charge in [-0.25, -0.2) is 12.4 Å². The number of nitrogens with one attached hydrogen (secondary N) is 2. The molecular weight excluding hydrogens is 446 g/mol. The van der Waals surface area contributed by atoms with Crippen LogP contribution in [0.4, 0.5) is 5.69 Å². The Morgan fingerprint density at radius 2 is 1.97 bits per heavy atom. The van der Waals surface area contributed by atoms with Crippen LogP contribution < -0.4 is 20.1 Å². The number of carbonyl (C=O) groups is 2. The van der Waals surface area contributed by atoms with Gasteiger partial charge >= 0.3 is 0 Å². The van der Waals surface area contributed by atoms with Crippen LogP contribution in [0.1, 0.15) is 32.8 Å². The van der Waals surface area contributed by atoms with Crippen LogP contribution in [0.2, 0.25) is 0 Å². The van der Waals surface area contributed by atoms with Crippen molar-refractivity contribution in [3.63, 3.8) is 0 Å². The number of nitrogens with zero attached hydrogens (tertiary/aromatic N) is 1. The van der Waals surface area contributed by atoms with Gasteiger partial charge in [-0.1, -0.05) is 12.1 Å². The lowest BCUT2D eigenvalue weighted by molar-refractivity contribution is 0.0812. The summed E-state index contributed by atoms with van der Waals surface area (Å²) in [4.78, 5) is 25.1. The molecule has 2 N–H and O–H groups in total. The maximum atomic E-state index is 13.0. The van der Waals surface area contributed by atoms with Crippen LogP contribution in [-0.4, -0.2) is 43.5 Å². The first-order chi connectivity index (χ1) is 15.8. The Hall–Kier alpha value is -3.79. The highest BCUT2D eigenvalue weighted by Gasteiger charge is 2.31. The van der Waals surface area contributed by atoms with Crippen molar-refractivity contribution in [2.45, 2.75) is 24.3 Å². The van der Waals surface area contributed by atoms with Crippen LogP contribution in [0, 0.1) is 6.92 Å². The molecule has 0 saturated heterocycles. The van der Waals surface area contributed by atoms with Gasteiger partial charge in [-0.3, -0.25) is 9.59 Å². The highest BCUT2D eigenvalue weighted by Crippen LogP contribution is 2.32. The third-order valence-electron chi connectivity index (χ3n) is 5.50. The topological polar surface area (TPSA) is 116 Å². The van der Waals surface area contributed by atoms with E-state index in [0.29, 0.717) is 36.6 Å². The van der Waals surface area contributed by atoms with E-state index in [2.05, 4.69) is 10.6 Å². The molecule has 3 aromatic rings. The first-order valence-corrected chi connectivity index (χ1v) is 11.8. The predicted molar refractivity (Wildman–Crippen MR) is 119 cm³/mol. The molecule has 0 aliphatic carbocycles. The summed E-state index contributed by atoms with van der Waals surface area (Å²) >= 11 is 0. The Balaban J connectivity index is 1.28. The molecule has 10 heteroatoms. The number of fused-ring (bicyclic) bond motifs is 3. The molecule has 0 saturated carbocycles. The highest BCUT2D eigenvalue weighted by molar-refractivity contribution is 7.90. The number of anilines is 1. The standard InChI is InChI=1S/C23H21N3O6S/c1-14-10-18-23(28)25-17-11-15(6-7-21(17)33(29,30)26(18)12-14)22(27)24-9-8-16-13-31-19-4-2-3-5-20(19)32-16/h2-7,10-12,16H,8-9,13H2,1H3,(H,24,27)(H,25,28). The van der Waals surface area contributed by atoms with Crippen molar-refractivity contribution in [3.05, 3.63) is 71.5 Å². The van der Waals surface area contributed by atoms with E-state index in [1.807, 2.05) is 24.3 Å². The number of aromatic nitrogens is 1. The molecule has 0 radical (unpaired) electrons. The molecule has 2 aliphatic heterocycles. The van der Waals surface area contributed by atoms with Gasteiger partial charge in [-0.2, -0.15) is 0 Å². The Morgan fingerprint density at radius 1 is 1.18 bits per heavy atom. The first kappa shape index (κ1) is 21.1. The second-order valence-electron chi connectivity index (χ2n) is 7.91. The number of carbonyl (C=O) groups excluding carboxylic acids is 2. The van der Waals surface area contributed by atoms with Gasteiger partial charge in [0.1, 0.15) is 23.3 Å². The minimum absolute atomic E-state index is 0.0194. The van der Waals surface area contributed by atoms with E-state index in [4.69, 9.17) is 9.47 Å². The fraction of sp³-hybridized carbons (Fsp3) is 0.217. The maximum absolute atomic E-state index is 13.0. The summed E-state index contributed by atoms with van der Waals surface area (Å²) in [6.07, 6.45) is 1.73. The Bertz CT molecular complexity index is 1380. The second-order valence-corrected chi connectivity index (χ2v) is 9.69. The molecule has 2 amide bonds. The van der Waals surface area contributed by atoms with Crippen LogP contribution in [0.25, 0.3) is 0 Å². The van der Waals surface area contributed by atoms with Crippen molar-refractivity contribution >= 4 is 27.5 Å². The zero-order valence-corrected chi connectivity index (χ0v) is 18.5. The van der Waals surface area contributed by atoms with Crippen molar-refractivity contribution in [2.24, 2.45) is 0 Å². The van der Waals surface area contributed by atoms with Gasteiger partial charge in [0.2, 0.25) is 0 Å². The molecule has 0 fully saturated rings. The van der Waals surface area contributed by atoms with E-state index in [9.17, 15) is 18.0 Å². The van der Waals surface area contributed by atoms with E-state index >= 15 is 0 Å². The lowest BCUT2D eigenvalue weighted by atomic mass is 10.1. The van der Waals surface area contributed by atoms with Crippen molar-refractivity contribution in [1.82, 2.24) is 9.29 Å². The molecular formula is C23H21N3O6S. The summed E-state index contributed by atoms with van der Waals surface area (Å²) in [7, 11) is -3.98. The van der Waals surface area contributed by atoms with Crippen molar-refractivity contribution in [2.75, 3.05) is 18.5 Å². The van der Waals surface area contributed by atoms with E-state index in [0.717, 1.165) is 3.97 Å². The summed E-state index contributed by atoms with van der Waals surface area (Å²) in [5.74, 6) is 0.420. The Kier molecular flexibility index (Phi) is 5.09. The Morgan fingerprint density at radius 3 is 2.79 bits per heavy atom. The number of amides is 2. The third-order valence-corrected chi connectivity index (χ3v) is 7.23. The summed E-state index contributed by atoms with van der Waals surface area (Å²) < 4.78 is 38.6. The summed E-state index contributed by atoms with van der Waals surface area (Å²) in [5, 5.41) is 5.41. The second kappa shape index (κ2) is 7.96. The fourth-order valence-corrected chi connectivity index (χ4v) is 5.42. The van der Waals surface area contributed by atoms with Crippen molar-refractivity contribution in [1.29, 1.82) is 0 Å². The van der Waals surface area contributed by atoms with Crippen molar-refractivity contribution < 1.29 is 27.5 Å². The monoisotopic (exact) mass is 467 g/mol.